The predicted octanol–water partition coefficient (Wildman–Crippen LogP) is 6.31. The molecule has 0 aliphatic heterocycles. The zero-order valence-electron chi connectivity index (χ0n) is 20.4. The van der Waals surface area contributed by atoms with Crippen molar-refractivity contribution in [1.82, 2.24) is 35.6 Å². The van der Waals surface area contributed by atoms with Crippen LogP contribution in [0.25, 0.3) is 34.0 Å². The molecule has 0 aliphatic carbocycles. The number of nitrogens with zero attached hydrogens (tertiary/aromatic N) is 6. The Morgan fingerprint density at radius 1 is 0.525 bits per heavy atom. The number of halogens is 4. The molecule has 1 radical (unpaired) electrons. The molecule has 0 amide bonds. The van der Waals surface area contributed by atoms with Crippen LogP contribution in [0.15, 0.2) is 110 Å². The number of benzene rings is 2. The van der Waals surface area contributed by atoms with Crippen LogP contribution < -0.4 is 0 Å². The molecule has 0 aliphatic rings. The van der Waals surface area contributed by atoms with Gasteiger partial charge in [-0.25, -0.2) is 17.6 Å². The molecule has 0 saturated carbocycles. The van der Waals surface area contributed by atoms with Gasteiger partial charge in [-0.2, -0.15) is 5.21 Å². The molecule has 0 spiro atoms. The summed E-state index contributed by atoms with van der Waals surface area (Å²) >= 11 is 0. The molecule has 0 unspecified atom stereocenters. The van der Waals surface area contributed by atoms with E-state index in [-0.39, 0.29) is 20.1 Å². The van der Waals surface area contributed by atoms with E-state index in [0.29, 0.717) is 28.3 Å². The molecule has 4 heterocycles. The normalized spacial score (nSPS) is 9.80. The number of tetrazole rings is 1. The molecule has 203 valence electrons. The van der Waals surface area contributed by atoms with E-state index in [9.17, 15) is 17.6 Å². The summed E-state index contributed by atoms with van der Waals surface area (Å²) in [5.74, 6) is -1.83. The first-order valence-corrected chi connectivity index (χ1v) is 11.4. The van der Waals surface area contributed by atoms with Crippen LogP contribution in [0.1, 0.15) is 0 Å². The number of nitrogens with one attached hydrogen (secondary N) is 1. The fraction of sp³-hybridized carbons (Fsp3) is 0. The van der Waals surface area contributed by atoms with Gasteiger partial charge in [0, 0.05) is 62.0 Å². The smallest absolute Gasteiger partial charge is 0.222 e. The molecular formula is C28H19F4IrN7. The summed E-state index contributed by atoms with van der Waals surface area (Å²) in [5, 5.41) is 13.3. The molecule has 1 N–H and O–H groups in total. The van der Waals surface area contributed by atoms with Gasteiger partial charge in [0.05, 0.1) is 11.4 Å². The number of hydrogen-bond donors (Lipinski definition) is 1. The van der Waals surface area contributed by atoms with Gasteiger partial charge in [-0.3, -0.25) is 15.0 Å². The quantitative estimate of drug-likeness (QED) is 0.216. The second-order valence-corrected chi connectivity index (χ2v) is 7.63. The second-order valence-electron chi connectivity index (χ2n) is 7.63. The first-order valence-electron chi connectivity index (χ1n) is 11.4. The predicted molar refractivity (Wildman–Crippen MR) is 137 cm³/mol. The van der Waals surface area contributed by atoms with Crippen LogP contribution >= 0.6 is 0 Å². The van der Waals surface area contributed by atoms with E-state index in [1.54, 1.807) is 55.0 Å². The van der Waals surface area contributed by atoms with Gasteiger partial charge >= 0.3 is 0 Å². The van der Waals surface area contributed by atoms with Gasteiger partial charge in [-0.05, 0) is 65.9 Å². The van der Waals surface area contributed by atoms with Crippen molar-refractivity contribution in [2.24, 2.45) is 0 Å². The first-order chi connectivity index (χ1) is 19.0. The third-order valence-corrected chi connectivity index (χ3v) is 4.98. The number of rotatable bonds is 3. The van der Waals surface area contributed by atoms with Crippen molar-refractivity contribution < 1.29 is 37.7 Å². The zero-order chi connectivity index (χ0) is 27.5. The summed E-state index contributed by atoms with van der Waals surface area (Å²) in [5.41, 5.74) is 2.36. The maximum Gasteiger partial charge on any atom is 0.222 e. The Bertz CT molecular complexity index is 1510. The number of aromatic amines is 1. The fourth-order valence-corrected chi connectivity index (χ4v) is 3.20. The van der Waals surface area contributed by atoms with E-state index in [1.807, 2.05) is 18.2 Å². The number of hydrogen-bond acceptors (Lipinski definition) is 6. The van der Waals surface area contributed by atoms with Crippen molar-refractivity contribution in [3.05, 3.63) is 133 Å². The van der Waals surface area contributed by atoms with Crippen molar-refractivity contribution in [3.8, 4) is 34.0 Å². The minimum absolute atomic E-state index is 0. The molecule has 2 aromatic carbocycles. The summed E-state index contributed by atoms with van der Waals surface area (Å²) in [4.78, 5) is 12.0. The summed E-state index contributed by atoms with van der Waals surface area (Å²) in [7, 11) is 0. The Hall–Kier alpha value is -4.67. The van der Waals surface area contributed by atoms with Gasteiger partial charge in [0.1, 0.15) is 29.0 Å². The van der Waals surface area contributed by atoms with Crippen LogP contribution in [0.2, 0.25) is 0 Å². The maximum absolute atomic E-state index is 13.3. The van der Waals surface area contributed by atoms with Crippen LogP contribution in [-0.2, 0) is 20.1 Å². The van der Waals surface area contributed by atoms with Gasteiger partial charge < -0.3 is 0 Å². The SMILES string of the molecule is Fc1ccc(-c2ccccn2)c(F)c1.Fc1ccc(-c2ccccn2)c(F)c1.[Ir].c1ccc(-c2nn[nH]n2)nc1. The van der Waals surface area contributed by atoms with Crippen LogP contribution in [0.3, 0.4) is 0 Å². The topological polar surface area (TPSA) is 93.1 Å². The summed E-state index contributed by atoms with van der Waals surface area (Å²) in [6, 6.07) is 22.8. The monoisotopic (exact) mass is 722 g/mol. The van der Waals surface area contributed by atoms with Crippen molar-refractivity contribution in [2.75, 3.05) is 0 Å². The number of aromatic nitrogens is 7. The van der Waals surface area contributed by atoms with E-state index in [2.05, 4.69) is 35.6 Å². The Morgan fingerprint density at radius 2 is 0.975 bits per heavy atom. The van der Waals surface area contributed by atoms with E-state index >= 15 is 0 Å². The van der Waals surface area contributed by atoms with Crippen LogP contribution in [-0.4, -0.2) is 35.6 Å². The van der Waals surface area contributed by atoms with E-state index in [4.69, 9.17) is 0 Å². The van der Waals surface area contributed by atoms with Crippen LogP contribution in [0.5, 0.6) is 0 Å². The zero-order valence-corrected chi connectivity index (χ0v) is 22.8. The Kier molecular flexibility index (Phi) is 11.2. The molecule has 4 aromatic heterocycles. The average molecular weight is 722 g/mol. The summed E-state index contributed by atoms with van der Waals surface area (Å²) < 4.78 is 51.7. The van der Waals surface area contributed by atoms with Crippen molar-refractivity contribution >= 4 is 0 Å². The van der Waals surface area contributed by atoms with Gasteiger partial charge in [0.2, 0.25) is 5.82 Å². The average Bonchev–Trinajstić information content (AvgIpc) is 3.51. The minimum Gasteiger partial charge on any atom is -0.256 e. The van der Waals surface area contributed by atoms with Crippen molar-refractivity contribution in [1.29, 1.82) is 0 Å². The van der Waals surface area contributed by atoms with Crippen LogP contribution in [0, 0.1) is 23.3 Å². The molecule has 0 bridgehead atoms. The molecule has 40 heavy (non-hydrogen) atoms. The molecular weight excluding hydrogens is 703 g/mol. The van der Waals surface area contributed by atoms with Crippen LogP contribution in [0.4, 0.5) is 17.6 Å². The molecule has 0 fully saturated rings. The molecule has 6 rings (SSSR count). The number of pyridine rings is 3. The molecule has 0 atom stereocenters. The second kappa shape index (κ2) is 15.1. The Labute approximate surface area is 239 Å². The molecule has 0 saturated heterocycles. The van der Waals surface area contributed by atoms with Crippen molar-refractivity contribution in [2.45, 2.75) is 0 Å². The summed E-state index contributed by atoms with van der Waals surface area (Å²) in [6.45, 7) is 0. The minimum atomic E-state index is -0.594. The van der Waals surface area contributed by atoms with E-state index in [0.717, 1.165) is 17.8 Å². The van der Waals surface area contributed by atoms with Gasteiger partial charge in [-0.15, -0.1) is 10.2 Å². The van der Waals surface area contributed by atoms with E-state index < -0.39 is 23.3 Å². The molecule has 7 nitrogen and oxygen atoms in total. The van der Waals surface area contributed by atoms with E-state index in [1.165, 1.54) is 24.3 Å². The molecule has 6 aromatic rings. The summed E-state index contributed by atoms with van der Waals surface area (Å²) in [6.07, 6.45) is 4.82. The molecule has 12 heteroatoms. The van der Waals surface area contributed by atoms with Gasteiger partial charge in [-0.1, -0.05) is 18.2 Å². The Morgan fingerprint density at radius 3 is 1.32 bits per heavy atom. The number of H-pyrrole nitrogens is 1. The Balaban J connectivity index is 0.000000165. The standard InChI is InChI=1S/2C11H7F2N.C6H5N5.Ir/c2*12-8-4-5-9(10(13)7-8)11-3-1-2-6-14-11;1-2-4-7-5(3-1)6-8-10-11-9-6;/h2*1-7H;1-4H,(H,8,9,10,11);. The third-order valence-electron chi connectivity index (χ3n) is 4.98. The maximum atomic E-state index is 13.3. The largest absolute Gasteiger partial charge is 0.256 e. The fourth-order valence-electron chi connectivity index (χ4n) is 3.20. The third kappa shape index (κ3) is 8.42. The van der Waals surface area contributed by atoms with Gasteiger partial charge in [0.15, 0.2) is 0 Å². The van der Waals surface area contributed by atoms with Crippen molar-refractivity contribution in [3.63, 3.8) is 0 Å². The first kappa shape index (κ1) is 29.9. The van der Waals surface area contributed by atoms with Gasteiger partial charge in [0.25, 0.3) is 0 Å².